The van der Waals surface area contributed by atoms with Crippen LogP contribution in [0, 0.1) is 0 Å². The van der Waals surface area contributed by atoms with E-state index in [9.17, 15) is 0 Å². The Labute approximate surface area is 97.6 Å². The van der Waals surface area contributed by atoms with Crippen LogP contribution < -0.4 is 10.6 Å². The minimum Gasteiger partial charge on any atom is -0.468 e. The van der Waals surface area contributed by atoms with E-state index in [-0.39, 0.29) is 0 Å². The lowest BCUT2D eigenvalue weighted by atomic mass is 9.99. The molecule has 1 saturated heterocycles. The molecule has 1 aromatic heterocycles. The second kappa shape index (κ2) is 6.06. The second-order valence-corrected chi connectivity index (χ2v) is 4.74. The summed E-state index contributed by atoms with van der Waals surface area (Å²) in [6, 6.07) is 5.19. The van der Waals surface area contributed by atoms with Crippen molar-refractivity contribution in [2.24, 2.45) is 0 Å². The third-order valence-corrected chi connectivity index (χ3v) is 3.26. The summed E-state index contributed by atoms with van der Waals surface area (Å²) >= 11 is 0. The summed E-state index contributed by atoms with van der Waals surface area (Å²) in [6.07, 6.45) is 6.98. The van der Waals surface area contributed by atoms with E-state index in [1.165, 1.54) is 32.2 Å². The van der Waals surface area contributed by atoms with E-state index in [0.717, 1.165) is 12.3 Å². The first kappa shape index (κ1) is 11.7. The van der Waals surface area contributed by atoms with Gasteiger partial charge in [0.05, 0.1) is 12.8 Å². The lowest BCUT2D eigenvalue weighted by molar-refractivity contribution is 0.339. The maximum absolute atomic E-state index is 5.30. The van der Waals surface area contributed by atoms with Gasteiger partial charge < -0.3 is 15.1 Å². The van der Waals surface area contributed by atoms with Crippen LogP contribution in [0.25, 0.3) is 0 Å². The fourth-order valence-electron chi connectivity index (χ4n) is 2.32. The summed E-state index contributed by atoms with van der Waals surface area (Å²) in [5.41, 5.74) is 0. The highest BCUT2D eigenvalue weighted by atomic mass is 16.3. The van der Waals surface area contributed by atoms with E-state index in [2.05, 4.69) is 17.6 Å². The van der Waals surface area contributed by atoms with Gasteiger partial charge in [-0.15, -0.1) is 0 Å². The third kappa shape index (κ3) is 3.65. The molecule has 2 rings (SSSR count). The van der Waals surface area contributed by atoms with E-state index in [1.54, 1.807) is 6.26 Å². The van der Waals surface area contributed by atoms with E-state index in [4.69, 9.17) is 4.42 Å². The van der Waals surface area contributed by atoms with Crippen molar-refractivity contribution in [2.75, 3.05) is 6.54 Å². The number of furan rings is 1. The Morgan fingerprint density at radius 1 is 1.56 bits per heavy atom. The fourth-order valence-corrected chi connectivity index (χ4v) is 2.32. The molecule has 16 heavy (non-hydrogen) atoms. The lowest BCUT2D eigenvalue weighted by Gasteiger charge is -2.26. The molecule has 0 bridgehead atoms. The molecule has 0 radical (unpaired) electrons. The van der Waals surface area contributed by atoms with Gasteiger partial charge in [0.15, 0.2) is 0 Å². The number of hydrogen-bond acceptors (Lipinski definition) is 3. The zero-order valence-electron chi connectivity index (χ0n) is 10.0. The second-order valence-electron chi connectivity index (χ2n) is 4.74. The van der Waals surface area contributed by atoms with Crippen LogP contribution in [0.15, 0.2) is 22.8 Å². The van der Waals surface area contributed by atoms with E-state index in [1.807, 2.05) is 12.1 Å². The van der Waals surface area contributed by atoms with Crippen molar-refractivity contribution < 1.29 is 4.42 Å². The summed E-state index contributed by atoms with van der Waals surface area (Å²) in [7, 11) is 0. The molecule has 2 atom stereocenters. The van der Waals surface area contributed by atoms with Crippen LogP contribution in [0.3, 0.4) is 0 Å². The molecule has 1 fully saturated rings. The third-order valence-electron chi connectivity index (χ3n) is 3.26. The average Bonchev–Trinajstić information content (AvgIpc) is 2.81. The molecular formula is C13H22N2O. The first-order valence-electron chi connectivity index (χ1n) is 6.34. The highest BCUT2D eigenvalue weighted by molar-refractivity contribution is 4.97. The summed E-state index contributed by atoms with van der Waals surface area (Å²) in [5.74, 6) is 1.02. The molecule has 2 heterocycles. The Kier molecular flexibility index (Phi) is 4.43. The van der Waals surface area contributed by atoms with Gasteiger partial charge >= 0.3 is 0 Å². The molecule has 0 aliphatic carbocycles. The van der Waals surface area contributed by atoms with Crippen LogP contribution in [-0.4, -0.2) is 18.6 Å². The van der Waals surface area contributed by atoms with Crippen LogP contribution in [-0.2, 0) is 6.54 Å². The first-order valence-corrected chi connectivity index (χ1v) is 6.34. The van der Waals surface area contributed by atoms with Crippen molar-refractivity contribution in [3.8, 4) is 0 Å². The maximum atomic E-state index is 5.30. The van der Waals surface area contributed by atoms with Crippen molar-refractivity contribution in [1.82, 2.24) is 10.6 Å². The Morgan fingerprint density at radius 2 is 2.50 bits per heavy atom. The summed E-state index contributed by atoms with van der Waals surface area (Å²) < 4.78 is 5.30. The molecule has 90 valence electrons. The molecule has 3 nitrogen and oxygen atoms in total. The smallest absolute Gasteiger partial charge is 0.117 e. The van der Waals surface area contributed by atoms with Gasteiger partial charge in [-0.1, -0.05) is 6.42 Å². The van der Waals surface area contributed by atoms with Crippen LogP contribution in [0.1, 0.15) is 38.4 Å². The molecular weight excluding hydrogens is 200 g/mol. The topological polar surface area (TPSA) is 37.2 Å². The van der Waals surface area contributed by atoms with Crippen molar-refractivity contribution >= 4 is 0 Å². The molecule has 0 saturated carbocycles. The molecule has 1 aliphatic heterocycles. The van der Waals surface area contributed by atoms with E-state index >= 15 is 0 Å². The summed E-state index contributed by atoms with van der Waals surface area (Å²) in [5, 5.41) is 7.08. The Morgan fingerprint density at radius 3 is 3.19 bits per heavy atom. The molecule has 1 aliphatic rings. The quantitative estimate of drug-likeness (QED) is 0.802. The average molecular weight is 222 g/mol. The minimum atomic E-state index is 0.542. The summed E-state index contributed by atoms with van der Waals surface area (Å²) in [6.45, 7) is 4.27. The Bertz CT molecular complexity index is 278. The van der Waals surface area contributed by atoms with Gasteiger partial charge in [0.25, 0.3) is 0 Å². The van der Waals surface area contributed by atoms with E-state index < -0.39 is 0 Å². The normalized spacial score (nSPS) is 23.2. The molecule has 3 heteroatoms. The standard InChI is InChI=1S/C13H22N2O/c1-11(9-12-5-2-3-7-14-12)15-10-13-6-4-8-16-13/h4,6,8,11-12,14-15H,2-3,5,7,9-10H2,1H3. The SMILES string of the molecule is CC(CC1CCCCN1)NCc1ccco1. The van der Waals surface area contributed by atoms with Crippen molar-refractivity contribution in [3.63, 3.8) is 0 Å². The largest absolute Gasteiger partial charge is 0.468 e. The minimum absolute atomic E-state index is 0.542. The molecule has 0 amide bonds. The zero-order chi connectivity index (χ0) is 11.2. The predicted octanol–water partition coefficient (Wildman–Crippen LogP) is 2.29. The zero-order valence-corrected chi connectivity index (χ0v) is 10.0. The Balaban J connectivity index is 1.65. The van der Waals surface area contributed by atoms with E-state index in [0.29, 0.717) is 12.1 Å². The number of nitrogens with one attached hydrogen (secondary N) is 2. The fraction of sp³-hybridized carbons (Fsp3) is 0.692. The first-order chi connectivity index (χ1) is 7.84. The van der Waals surface area contributed by atoms with Gasteiger partial charge in [0.2, 0.25) is 0 Å². The summed E-state index contributed by atoms with van der Waals surface area (Å²) in [4.78, 5) is 0. The predicted molar refractivity (Wildman–Crippen MR) is 65.3 cm³/mol. The molecule has 0 aromatic carbocycles. The maximum Gasteiger partial charge on any atom is 0.117 e. The van der Waals surface area contributed by atoms with Crippen LogP contribution >= 0.6 is 0 Å². The number of hydrogen-bond donors (Lipinski definition) is 2. The highest BCUT2D eigenvalue weighted by Crippen LogP contribution is 2.12. The van der Waals surface area contributed by atoms with Crippen LogP contribution in [0.5, 0.6) is 0 Å². The lowest BCUT2D eigenvalue weighted by Crippen LogP contribution is -2.39. The molecule has 2 unspecified atom stereocenters. The van der Waals surface area contributed by atoms with Crippen molar-refractivity contribution in [2.45, 2.75) is 51.2 Å². The number of rotatable bonds is 5. The van der Waals surface area contributed by atoms with Crippen molar-refractivity contribution in [1.29, 1.82) is 0 Å². The highest BCUT2D eigenvalue weighted by Gasteiger charge is 2.15. The van der Waals surface area contributed by atoms with Crippen molar-refractivity contribution in [3.05, 3.63) is 24.2 Å². The van der Waals surface area contributed by atoms with Gasteiger partial charge in [-0.05, 0) is 44.9 Å². The van der Waals surface area contributed by atoms with Crippen LogP contribution in [0.2, 0.25) is 0 Å². The Hall–Kier alpha value is -0.800. The van der Waals surface area contributed by atoms with Gasteiger partial charge in [-0.3, -0.25) is 0 Å². The van der Waals surface area contributed by atoms with Crippen LogP contribution in [0.4, 0.5) is 0 Å². The van der Waals surface area contributed by atoms with Gasteiger partial charge in [0.1, 0.15) is 5.76 Å². The van der Waals surface area contributed by atoms with Gasteiger partial charge in [-0.2, -0.15) is 0 Å². The molecule has 2 N–H and O–H groups in total. The molecule has 1 aromatic rings. The van der Waals surface area contributed by atoms with Gasteiger partial charge in [0, 0.05) is 12.1 Å². The monoisotopic (exact) mass is 222 g/mol. The number of piperidine rings is 1. The van der Waals surface area contributed by atoms with Gasteiger partial charge in [-0.25, -0.2) is 0 Å². The molecule has 0 spiro atoms.